The number of ether oxygens (including phenoxy) is 1. The molecule has 8 heteroatoms. The van der Waals surface area contributed by atoms with Crippen LogP contribution in [0.1, 0.15) is 5.56 Å². The molecule has 0 saturated heterocycles. The van der Waals surface area contributed by atoms with E-state index in [9.17, 15) is 8.78 Å². The van der Waals surface area contributed by atoms with Gasteiger partial charge >= 0.3 is 0 Å². The molecule has 0 atom stereocenters. The number of hydrogen-bond donors (Lipinski definition) is 0. The van der Waals surface area contributed by atoms with Gasteiger partial charge in [0.05, 0.1) is 22.3 Å². The monoisotopic (exact) mass is 376 g/mol. The topological polar surface area (TPSA) is 24.8 Å². The van der Waals surface area contributed by atoms with Crippen molar-refractivity contribution in [1.82, 2.24) is 0 Å². The Kier molecular flexibility index (Phi) is 4.62. The van der Waals surface area contributed by atoms with E-state index in [0.717, 1.165) is 12.1 Å². The van der Waals surface area contributed by atoms with Crippen molar-refractivity contribution in [3.63, 3.8) is 0 Å². The molecule has 0 amide bonds. The van der Waals surface area contributed by atoms with Crippen molar-refractivity contribution in [3.05, 3.63) is 62.6 Å². The minimum atomic E-state index is -0.765. The van der Waals surface area contributed by atoms with Gasteiger partial charge in [-0.15, -0.1) is 5.10 Å². The molecule has 1 aliphatic heterocycles. The van der Waals surface area contributed by atoms with Crippen LogP contribution in [0.25, 0.3) is 0 Å². The predicted octanol–water partition coefficient (Wildman–Crippen LogP) is 5.12. The molecule has 23 heavy (non-hydrogen) atoms. The van der Waals surface area contributed by atoms with E-state index in [2.05, 4.69) is 5.10 Å². The molecule has 0 unspecified atom stereocenters. The van der Waals surface area contributed by atoms with Crippen LogP contribution in [0, 0.1) is 11.6 Å². The molecule has 0 aromatic heterocycles. The van der Waals surface area contributed by atoms with Crippen molar-refractivity contribution >= 4 is 46.4 Å². The number of halogens is 5. The fraction of sp³-hybridized carbons (Fsp3) is 0.133. The molecular weight excluding hydrogens is 369 g/mol. The lowest BCUT2D eigenvalue weighted by Gasteiger charge is -2.27. The number of anilines is 1. The Hall–Kier alpha value is -1.56. The Morgan fingerprint density at radius 2 is 1.65 bits per heavy atom. The van der Waals surface area contributed by atoms with E-state index < -0.39 is 11.6 Å². The van der Waals surface area contributed by atoms with Gasteiger partial charge in [0.25, 0.3) is 0 Å². The zero-order chi connectivity index (χ0) is 16.6. The second kappa shape index (κ2) is 6.51. The fourth-order valence-corrected chi connectivity index (χ4v) is 3.20. The molecule has 0 fully saturated rings. The Balaban J connectivity index is 2.07. The normalized spacial score (nSPS) is 14.5. The number of nitrogens with zero attached hydrogens (tertiary/aromatic N) is 2. The van der Waals surface area contributed by atoms with Crippen LogP contribution >= 0.6 is 34.8 Å². The molecule has 0 N–H and O–H groups in total. The van der Waals surface area contributed by atoms with E-state index in [1.54, 1.807) is 0 Å². The number of hydrogen-bond acceptors (Lipinski definition) is 3. The third-order valence-corrected chi connectivity index (χ3v) is 3.96. The Bertz CT molecular complexity index is 755. The van der Waals surface area contributed by atoms with Crippen LogP contribution in [0.15, 0.2) is 35.4 Å². The van der Waals surface area contributed by atoms with Gasteiger partial charge in [0.15, 0.2) is 0 Å². The summed E-state index contributed by atoms with van der Waals surface area (Å²) in [6, 6.07) is 6.55. The van der Waals surface area contributed by atoms with E-state index in [-0.39, 0.29) is 28.1 Å². The third-order valence-electron chi connectivity index (χ3n) is 3.17. The lowest BCUT2D eigenvalue weighted by atomic mass is 10.2. The van der Waals surface area contributed by atoms with Crippen molar-refractivity contribution in [2.45, 2.75) is 0 Å². The quantitative estimate of drug-likeness (QED) is 0.725. The average molecular weight is 378 g/mol. The molecule has 1 aliphatic rings. The highest BCUT2D eigenvalue weighted by molar-refractivity contribution is 6.41. The molecule has 0 aliphatic carbocycles. The lowest BCUT2D eigenvalue weighted by Crippen LogP contribution is -2.32. The van der Waals surface area contributed by atoms with Crippen molar-refractivity contribution < 1.29 is 13.5 Å². The van der Waals surface area contributed by atoms with Gasteiger partial charge < -0.3 is 4.74 Å². The van der Waals surface area contributed by atoms with Crippen LogP contribution in [0.2, 0.25) is 15.1 Å². The molecule has 0 saturated carbocycles. The maximum atomic E-state index is 13.9. The molecule has 3 nitrogen and oxygen atoms in total. The summed E-state index contributed by atoms with van der Waals surface area (Å²) in [5.41, 5.74) is 0.0636. The van der Waals surface area contributed by atoms with Crippen LogP contribution < -0.4 is 5.01 Å². The minimum absolute atomic E-state index is 0.169. The van der Waals surface area contributed by atoms with Gasteiger partial charge in [0, 0.05) is 5.02 Å². The highest BCUT2D eigenvalue weighted by Crippen LogP contribution is 2.37. The first-order valence-electron chi connectivity index (χ1n) is 6.55. The molecule has 120 valence electrons. The van der Waals surface area contributed by atoms with E-state index in [1.165, 1.54) is 23.2 Å². The van der Waals surface area contributed by atoms with Crippen LogP contribution in [0.3, 0.4) is 0 Å². The van der Waals surface area contributed by atoms with E-state index in [0.29, 0.717) is 17.3 Å². The third kappa shape index (κ3) is 3.22. The number of hydrazone groups is 1. The van der Waals surface area contributed by atoms with Gasteiger partial charge in [-0.05, 0) is 24.3 Å². The first-order chi connectivity index (χ1) is 11.0. The van der Waals surface area contributed by atoms with Crippen LogP contribution in [-0.4, -0.2) is 19.0 Å². The lowest BCUT2D eigenvalue weighted by molar-refractivity contribution is 0.291. The Morgan fingerprint density at radius 3 is 2.26 bits per heavy atom. The Labute approximate surface area is 146 Å². The summed E-state index contributed by atoms with van der Waals surface area (Å²) in [6.45, 7) is 0.489. The molecule has 3 rings (SSSR count). The molecule has 0 bridgehead atoms. The second-order valence-electron chi connectivity index (χ2n) is 4.69. The van der Waals surface area contributed by atoms with Gasteiger partial charge in [-0.3, -0.25) is 5.01 Å². The average Bonchev–Trinajstić information content (AvgIpc) is 2.46. The molecule has 0 radical (unpaired) electrons. The van der Waals surface area contributed by atoms with Crippen molar-refractivity contribution in [1.29, 1.82) is 0 Å². The predicted molar refractivity (Wildman–Crippen MR) is 87.7 cm³/mol. The first kappa shape index (κ1) is 16.3. The van der Waals surface area contributed by atoms with E-state index >= 15 is 0 Å². The summed E-state index contributed by atoms with van der Waals surface area (Å²) in [6.07, 6.45) is 0. The molecular formula is C15H9Cl3F2N2O. The highest BCUT2D eigenvalue weighted by atomic mass is 35.5. The van der Waals surface area contributed by atoms with Gasteiger partial charge in [-0.1, -0.05) is 40.9 Å². The summed E-state index contributed by atoms with van der Waals surface area (Å²) >= 11 is 18.2. The number of benzene rings is 2. The van der Waals surface area contributed by atoms with Gasteiger partial charge in [-0.2, -0.15) is 0 Å². The molecule has 2 aromatic rings. The van der Waals surface area contributed by atoms with Crippen LogP contribution in [-0.2, 0) is 4.74 Å². The summed E-state index contributed by atoms with van der Waals surface area (Å²) in [5, 5.41) is 6.50. The van der Waals surface area contributed by atoms with E-state index in [1.807, 2.05) is 0 Å². The number of rotatable bonds is 2. The summed E-state index contributed by atoms with van der Waals surface area (Å²) in [7, 11) is 0. The minimum Gasteiger partial charge on any atom is -0.474 e. The zero-order valence-corrected chi connectivity index (χ0v) is 13.8. The van der Waals surface area contributed by atoms with Crippen molar-refractivity contribution in [2.75, 3.05) is 18.2 Å². The Morgan fingerprint density at radius 1 is 1.04 bits per heavy atom. The smallest absolute Gasteiger partial charge is 0.244 e. The van der Waals surface area contributed by atoms with Gasteiger partial charge in [0.1, 0.15) is 23.8 Å². The summed E-state index contributed by atoms with van der Waals surface area (Å²) < 4.78 is 33.1. The van der Waals surface area contributed by atoms with Gasteiger partial charge in [0.2, 0.25) is 5.90 Å². The van der Waals surface area contributed by atoms with Crippen molar-refractivity contribution in [3.8, 4) is 0 Å². The van der Waals surface area contributed by atoms with Gasteiger partial charge in [-0.25, -0.2) is 8.78 Å². The van der Waals surface area contributed by atoms with Crippen LogP contribution in [0.5, 0.6) is 0 Å². The van der Waals surface area contributed by atoms with Crippen LogP contribution in [0.4, 0.5) is 14.5 Å². The fourth-order valence-electron chi connectivity index (χ4n) is 2.18. The molecule has 2 aromatic carbocycles. The van der Waals surface area contributed by atoms with E-state index in [4.69, 9.17) is 39.5 Å². The SMILES string of the molecule is Fc1cccc(F)c1C1=NN(c2c(Cl)cc(Cl)cc2Cl)CCO1. The zero-order valence-electron chi connectivity index (χ0n) is 11.5. The standard InChI is InChI=1S/C15H9Cl3F2N2O/c16-8-6-9(17)14(10(18)7-8)22-4-5-23-15(21-22)13-11(19)2-1-3-12(13)20/h1-3,6-7H,4-5H2. The molecule has 1 heterocycles. The summed E-state index contributed by atoms with van der Waals surface area (Å²) in [5.74, 6) is -1.70. The van der Waals surface area contributed by atoms with Crippen molar-refractivity contribution in [2.24, 2.45) is 5.10 Å². The largest absolute Gasteiger partial charge is 0.474 e. The maximum Gasteiger partial charge on any atom is 0.244 e. The second-order valence-corrected chi connectivity index (χ2v) is 5.94. The maximum absolute atomic E-state index is 13.9. The molecule has 0 spiro atoms. The summed E-state index contributed by atoms with van der Waals surface area (Å²) in [4.78, 5) is 0. The first-order valence-corrected chi connectivity index (χ1v) is 7.68. The highest BCUT2D eigenvalue weighted by Gasteiger charge is 2.24.